The molecule has 31 heavy (non-hydrogen) atoms. The lowest BCUT2D eigenvalue weighted by molar-refractivity contribution is -0.151. The number of carbonyl (C=O) groups is 2. The Bertz CT molecular complexity index is 1180. The average Bonchev–Trinajstić information content (AvgIpc) is 3.11. The van der Waals surface area contributed by atoms with Crippen LogP contribution in [-0.4, -0.2) is 50.8 Å². The van der Waals surface area contributed by atoms with E-state index in [0.29, 0.717) is 44.6 Å². The van der Waals surface area contributed by atoms with Gasteiger partial charge in [-0.3, -0.25) is 14.4 Å². The number of carbonyl (C=O) groups excluding carboxylic acids is 2. The maximum absolute atomic E-state index is 12.8. The molecule has 3 aromatic rings. The molecule has 1 atom stereocenters. The number of nitrogens with zero attached hydrogens (tertiary/aromatic N) is 4. The molecule has 0 bridgehead atoms. The van der Waals surface area contributed by atoms with Crippen molar-refractivity contribution in [1.82, 2.24) is 19.2 Å². The number of piperidine rings is 1. The van der Waals surface area contributed by atoms with Crippen LogP contribution in [0.2, 0.25) is 0 Å². The van der Waals surface area contributed by atoms with Gasteiger partial charge in [0.15, 0.2) is 0 Å². The van der Waals surface area contributed by atoms with Crippen LogP contribution in [0.4, 0.5) is 0 Å². The molecule has 8 nitrogen and oxygen atoms in total. The first-order chi connectivity index (χ1) is 15.0. The fourth-order valence-electron chi connectivity index (χ4n) is 4.48. The highest BCUT2D eigenvalue weighted by molar-refractivity contribution is 6.07. The van der Waals surface area contributed by atoms with Gasteiger partial charge >= 0.3 is 5.97 Å². The molecule has 164 valence electrons. The second-order valence-corrected chi connectivity index (χ2v) is 8.04. The van der Waals surface area contributed by atoms with E-state index in [1.54, 1.807) is 25.1 Å². The second-order valence-electron chi connectivity index (χ2n) is 8.04. The number of amides is 1. The SMILES string of the molecule is CCOC(=O)[C@@H]1CCCN(C(=O)CCCn2c3ccccc3c3cnn(C)c(=O)c32)C1. The van der Waals surface area contributed by atoms with Crippen molar-refractivity contribution >= 4 is 33.7 Å². The number of ether oxygens (including phenoxy) is 1. The summed E-state index contributed by atoms with van der Waals surface area (Å²) < 4.78 is 8.46. The molecule has 1 aliphatic rings. The lowest BCUT2D eigenvalue weighted by atomic mass is 9.98. The summed E-state index contributed by atoms with van der Waals surface area (Å²) in [6.45, 7) is 3.82. The highest BCUT2D eigenvalue weighted by Gasteiger charge is 2.29. The molecule has 0 aliphatic carbocycles. The van der Waals surface area contributed by atoms with Gasteiger partial charge in [-0.1, -0.05) is 18.2 Å². The first-order valence-corrected chi connectivity index (χ1v) is 10.9. The van der Waals surface area contributed by atoms with Crippen molar-refractivity contribution in [2.45, 2.75) is 39.2 Å². The van der Waals surface area contributed by atoms with Gasteiger partial charge < -0.3 is 14.2 Å². The Balaban J connectivity index is 1.48. The Kier molecular flexibility index (Phi) is 6.06. The van der Waals surface area contributed by atoms with E-state index < -0.39 is 0 Å². The summed E-state index contributed by atoms with van der Waals surface area (Å²) in [5, 5.41) is 5.99. The van der Waals surface area contributed by atoms with Crippen LogP contribution in [0.25, 0.3) is 21.8 Å². The van der Waals surface area contributed by atoms with Gasteiger partial charge in [-0.2, -0.15) is 5.10 Å². The van der Waals surface area contributed by atoms with Crippen molar-refractivity contribution in [2.24, 2.45) is 13.0 Å². The normalized spacial score (nSPS) is 16.7. The molecule has 2 aromatic heterocycles. The number of hydrogen-bond donors (Lipinski definition) is 0. The molecule has 4 rings (SSSR count). The van der Waals surface area contributed by atoms with Gasteiger partial charge in [-0.05, 0) is 32.3 Å². The van der Waals surface area contributed by atoms with Crippen molar-refractivity contribution in [3.8, 4) is 0 Å². The first kappa shape index (κ1) is 21.1. The summed E-state index contributed by atoms with van der Waals surface area (Å²) in [4.78, 5) is 39.4. The summed E-state index contributed by atoms with van der Waals surface area (Å²) >= 11 is 0. The molecule has 1 aliphatic heterocycles. The third-order valence-corrected chi connectivity index (χ3v) is 6.03. The van der Waals surface area contributed by atoms with Crippen LogP contribution in [0.5, 0.6) is 0 Å². The first-order valence-electron chi connectivity index (χ1n) is 10.9. The molecular formula is C23H28N4O4. The number of aryl methyl sites for hydroxylation is 2. The predicted molar refractivity (Wildman–Crippen MR) is 118 cm³/mol. The van der Waals surface area contributed by atoms with Crippen molar-refractivity contribution in [1.29, 1.82) is 0 Å². The van der Waals surface area contributed by atoms with Crippen molar-refractivity contribution < 1.29 is 14.3 Å². The number of hydrogen-bond acceptors (Lipinski definition) is 5. The summed E-state index contributed by atoms with van der Waals surface area (Å²) in [6, 6.07) is 7.88. The molecular weight excluding hydrogens is 396 g/mol. The van der Waals surface area contributed by atoms with E-state index in [0.717, 1.165) is 29.1 Å². The fourth-order valence-corrected chi connectivity index (χ4v) is 4.48. The van der Waals surface area contributed by atoms with E-state index >= 15 is 0 Å². The number of para-hydroxylation sites is 1. The van der Waals surface area contributed by atoms with Gasteiger partial charge in [0.25, 0.3) is 5.56 Å². The van der Waals surface area contributed by atoms with Crippen molar-refractivity contribution in [2.75, 3.05) is 19.7 Å². The molecule has 0 radical (unpaired) electrons. The van der Waals surface area contributed by atoms with E-state index in [2.05, 4.69) is 5.10 Å². The van der Waals surface area contributed by atoms with Crippen molar-refractivity contribution in [3.05, 3.63) is 40.8 Å². The topological polar surface area (TPSA) is 86.4 Å². The standard InChI is InChI=1S/C23H28N4O4/c1-3-31-23(30)16-8-6-12-26(15-16)20(28)11-7-13-27-19-10-5-4-9-17(19)18-14-24-25(2)22(29)21(18)27/h4-5,9-10,14,16H,3,6-8,11-13,15H2,1-2H3/t16-/m1/s1. The van der Waals surface area contributed by atoms with Crippen LogP contribution in [0, 0.1) is 5.92 Å². The highest BCUT2D eigenvalue weighted by Crippen LogP contribution is 2.27. The predicted octanol–water partition coefficient (Wildman–Crippen LogP) is 2.47. The molecule has 0 N–H and O–H groups in total. The summed E-state index contributed by atoms with van der Waals surface area (Å²) in [7, 11) is 1.64. The average molecular weight is 425 g/mol. The van der Waals surface area contributed by atoms with Crippen LogP contribution in [0.3, 0.4) is 0 Å². The molecule has 1 saturated heterocycles. The van der Waals surface area contributed by atoms with Gasteiger partial charge in [0.05, 0.1) is 18.7 Å². The molecule has 8 heteroatoms. The lowest BCUT2D eigenvalue weighted by Crippen LogP contribution is -2.42. The van der Waals surface area contributed by atoms with Gasteiger partial charge in [0.1, 0.15) is 5.52 Å². The van der Waals surface area contributed by atoms with E-state index in [-0.39, 0.29) is 23.4 Å². The Labute approximate surface area is 180 Å². The number of esters is 1. The Morgan fingerprint density at radius 2 is 2.03 bits per heavy atom. The molecule has 1 aromatic carbocycles. The van der Waals surface area contributed by atoms with Crippen molar-refractivity contribution in [3.63, 3.8) is 0 Å². The molecule has 0 saturated carbocycles. The van der Waals surface area contributed by atoms with E-state index in [1.165, 1.54) is 4.68 Å². The summed E-state index contributed by atoms with van der Waals surface area (Å²) in [5.74, 6) is -0.399. The largest absolute Gasteiger partial charge is 0.466 e. The number of likely N-dealkylation sites (tertiary alicyclic amines) is 1. The summed E-state index contributed by atoms with van der Waals surface area (Å²) in [5.41, 5.74) is 1.44. The number of fused-ring (bicyclic) bond motifs is 3. The third kappa shape index (κ3) is 4.06. The van der Waals surface area contributed by atoms with Gasteiger partial charge in [-0.25, -0.2) is 4.68 Å². The minimum Gasteiger partial charge on any atom is -0.466 e. The fraction of sp³-hybridized carbons (Fsp3) is 0.478. The maximum Gasteiger partial charge on any atom is 0.310 e. The monoisotopic (exact) mass is 424 g/mol. The second kappa shape index (κ2) is 8.91. The minimum absolute atomic E-state index is 0.0457. The molecule has 1 amide bonds. The zero-order valence-corrected chi connectivity index (χ0v) is 18.0. The highest BCUT2D eigenvalue weighted by atomic mass is 16.5. The van der Waals surface area contributed by atoms with E-state index in [1.807, 2.05) is 28.8 Å². The quantitative estimate of drug-likeness (QED) is 0.568. The van der Waals surface area contributed by atoms with Crippen LogP contribution in [-0.2, 0) is 27.9 Å². The van der Waals surface area contributed by atoms with Crippen LogP contribution in [0.1, 0.15) is 32.6 Å². The Hall–Kier alpha value is -3.16. The van der Waals surface area contributed by atoms with Gasteiger partial charge in [0.2, 0.25) is 5.91 Å². The van der Waals surface area contributed by atoms with Gasteiger partial charge in [0, 0.05) is 49.4 Å². The molecule has 0 spiro atoms. The number of rotatable bonds is 6. The van der Waals surface area contributed by atoms with Gasteiger partial charge in [-0.15, -0.1) is 0 Å². The maximum atomic E-state index is 12.8. The lowest BCUT2D eigenvalue weighted by Gasteiger charge is -2.31. The molecule has 1 fully saturated rings. The molecule has 0 unspecified atom stereocenters. The number of aromatic nitrogens is 3. The number of benzene rings is 1. The smallest absolute Gasteiger partial charge is 0.310 e. The Morgan fingerprint density at radius 1 is 1.23 bits per heavy atom. The Morgan fingerprint density at radius 3 is 2.84 bits per heavy atom. The zero-order chi connectivity index (χ0) is 22.0. The summed E-state index contributed by atoms with van der Waals surface area (Å²) in [6.07, 6.45) is 4.28. The minimum atomic E-state index is -0.231. The van der Waals surface area contributed by atoms with Crippen LogP contribution in [0.15, 0.2) is 35.3 Å². The molecule has 3 heterocycles. The zero-order valence-electron chi connectivity index (χ0n) is 18.0. The van der Waals surface area contributed by atoms with Crippen LogP contribution >= 0.6 is 0 Å². The van der Waals surface area contributed by atoms with Crippen LogP contribution < -0.4 is 5.56 Å². The third-order valence-electron chi connectivity index (χ3n) is 6.03. The van der Waals surface area contributed by atoms with E-state index in [9.17, 15) is 14.4 Å². The van der Waals surface area contributed by atoms with E-state index in [4.69, 9.17) is 4.74 Å².